The van der Waals surface area contributed by atoms with Crippen molar-refractivity contribution in [3.8, 4) is 0 Å². The third-order valence-corrected chi connectivity index (χ3v) is 6.91. The number of aromatic nitrogens is 3. The highest BCUT2D eigenvalue weighted by atomic mass is 16.3. The number of carbonyl (C=O) groups excluding carboxylic acids is 1. The van der Waals surface area contributed by atoms with Crippen LogP contribution in [0.1, 0.15) is 29.5 Å². The van der Waals surface area contributed by atoms with Crippen molar-refractivity contribution in [3.63, 3.8) is 0 Å². The lowest BCUT2D eigenvalue weighted by Crippen LogP contribution is -2.49. The lowest BCUT2D eigenvalue weighted by molar-refractivity contribution is -0.122. The number of nitrogens with zero attached hydrogens (tertiary/aromatic N) is 3. The van der Waals surface area contributed by atoms with Gasteiger partial charge in [-0.1, -0.05) is 23.8 Å². The number of amides is 1. The molecular formula is C24H29N5O2. The highest BCUT2D eigenvalue weighted by molar-refractivity contribution is 5.79. The fourth-order valence-corrected chi connectivity index (χ4v) is 5.15. The summed E-state index contributed by atoms with van der Waals surface area (Å²) in [5.41, 5.74) is 4.16. The fraction of sp³-hybridized carbons (Fsp3) is 0.458. The highest BCUT2D eigenvalue weighted by Crippen LogP contribution is 2.37. The minimum Gasteiger partial charge on any atom is -0.391 e. The van der Waals surface area contributed by atoms with E-state index in [4.69, 9.17) is 0 Å². The predicted molar refractivity (Wildman–Crippen MR) is 120 cm³/mol. The van der Waals surface area contributed by atoms with Crippen LogP contribution < -0.4 is 10.2 Å². The molecule has 1 aliphatic heterocycles. The van der Waals surface area contributed by atoms with Crippen molar-refractivity contribution in [2.45, 2.75) is 45.3 Å². The van der Waals surface area contributed by atoms with Crippen molar-refractivity contribution in [1.29, 1.82) is 0 Å². The topological polar surface area (TPSA) is 94.1 Å². The second-order valence-electron chi connectivity index (χ2n) is 9.20. The van der Waals surface area contributed by atoms with Crippen molar-refractivity contribution in [3.05, 3.63) is 53.3 Å². The minimum atomic E-state index is -0.518. The van der Waals surface area contributed by atoms with Crippen LogP contribution in [0.3, 0.4) is 0 Å². The molecule has 3 aromatic rings. The standard InChI is InChI=1S/C24H29N5O2/c1-14-3-4-15(2)17(7-14)10-22(31)27-20-8-18-12-29(13-19(18)9-21(20)30)24-26-11-16-5-6-25-23(16)28-24/h3-7,11,18-21,30H,8-10,12-13H2,1-2H3,(H,27,31)(H,25,26,28)/t18-,19+,20-,21-/m0/s1. The summed E-state index contributed by atoms with van der Waals surface area (Å²) in [5.74, 6) is 1.52. The van der Waals surface area contributed by atoms with Crippen molar-refractivity contribution >= 4 is 22.9 Å². The van der Waals surface area contributed by atoms with Gasteiger partial charge < -0.3 is 20.3 Å². The Kier molecular flexibility index (Phi) is 5.14. The number of nitrogens with one attached hydrogen (secondary N) is 2. The molecule has 3 N–H and O–H groups in total. The maximum absolute atomic E-state index is 12.7. The van der Waals surface area contributed by atoms with Gasteiger partial charge in [0.05, 0.1) is 18.6 Å². The molecule has 2 aliphatic rings. The Morgan fingerprint density at radius 3 is 2.87 bits per heavy atom. The van der Waals surface area contributed by atoms with E-state index in [1.165, 1.54) is 0 Å². The monoisotopic (exact) mass is 419 g/mol. The summed E-state index contributed by atoms with van der Waals surface area (Å²) in [4.78, 5) is 27.2. The van der Waals surface area contributed by atoms with E-state index in [2.05, 4.69) is 43.4 Å². The van der Waals surface area contributed by atoms with Gasteiger partial charge in [0.2, 0.25) is 11.9 Å². The molecule has 1 aliphatic carbocycles. The first-order chi connectivity index (χ1) is 15.0. The molecule has 4 atom stereocenters. The Morgan fingerprint density at radius 1 is 1.23 bits per heavy atom. The number of fused-ring (bicyclic) bond motifs is 2. The zero-order chi connectivity index (χ0) is 21.5. The van der Waals surface area contributed by atoms with Gasteiger partial charge in [-0.15, -0.1) is 0 Å². The van der Waals surface area contributed by atoms with E-state index in [9.17, 15) is 9.90 Å². The zero-order valence-electron chi connectivity index (χ0n) is 18.0. The van der Waals surface area contributed by atoms with Gasteiger partial charge in [-0.2, -0.15) is 4.98 Å². The molecule has 162 valence electrons. The maximum atomic E-state index is 12.7. The Bertz CT molecular complexity index is 1110. The number of aromatic amines is 1. The molecule has 7 heteroatoms. The third kappa shape index (κ3) is 4.02. The number of carbonyl (C=O) groups is 1. The Hall–Kier alpha value is -2.93. The predicted octanol–water partition coefficient (Wildman–Crippen LogP) is 2.51. The molecular weight excluding hydrogens is 390 g/mol. The van der Waals surface area contributed by atoms with E-state index < -0.39 is 6.10 Å². The van der Waals surface area contributed by atoms with E-state index in [1.54, 1.807) is 0 Å². The molecule has 2 fully saturated rings. The van der Waals surface area contributed by atoms with Gasteiger partial charge in [-0.05, 0) is 55.7 Å². The van der Waals surface area contributed by atoms with Crippen molar-refractivity contribution in [2.75, 3.05) is 18.0 Å². The molecule has 0 bridgehead atoms. The van der Waals surface area contributed by atoms with Crippen LogP contribution in [-0.2, 0) is 11.2 Å². The van der Waals surface area contributed by atoms with Crippen LogP contribution in [0.5, 0.6) is 0 Å². The van der Waals surface area contributed by atoms with Crippen LogP contribution >= 0.6 is 0 Å². The van der Waals surface area contributed by atoms with E-state index in [0.717, 1.165) is 53.2 Å². The molecule has 2 aromatic heterocycles. The Balaban J connectivity index is 1.23. The molecule has 0 spiro atoms. The van der Waals surface area contributed by atoms with Crippen LogP contribution in [0.15, 0.2) is 36.7 Å². The molecule has 3 heterocycles. The number of hydrogen-bond donors (Lipinski definition) is 3. The van der Waals surface area contributed by atoms with Gasteiger partial charge in [0.25, 0.3) is 0 Å². The van der Waals surface area contributed by atoms with Crippen LogP contribution in [0.2, 0.25) is 0 Å². The quantitative estimate of drug-likeness (QED) is 0.604. The number of benzene rings is 1. The number of rotatable bonds is 4. The number of aliphatic hydroxyl groups is 1. The molecule has 5 rings (SSSR count). The average molecular weight is 420 g/mol. The molecule has 1 saturated carbocycles. The van der Waals surface area contributed by atoms with Crippen molar-refractivity contribution < 1.29 is 9.90 Å². The maximum Gasteiger partial charge on any atom is 0.227 e. The molecule has 0 radical (unpaired) electrons. The summed E-state index contributed by atoms with van der Waals surface area (Å²) in [6.45, 7) is 5.76. The van der Waals surface area contributed by atoms with Gasteiger partial charge in [-0.25, -0.2) is 4.98 Å². The van der Waals surface area contributed by atoms with E-state index >= 15 is 0 Å². The van der Waals surface area contributed by atoms with E-state index in [0.29, 0.717) is 24.7 Å². The van der Waals surface area contributed by atoms with Crippen LogP contribution in [0.4, 0.5) is 5.95 Å². The third-order valence-electron chi connectivity index (χ3n) is 6.91. The van der Waals surface area contributed by atoms with Crippen LogP contribution in [0.25, 0.3) is 11.0 Å². The molecule has 7 nitrogen and oxygen atoms in total. The Labute approximate surface area is 181 Å². The SMILES string of the molecule is Cc1ccc(C)c(CC(=O)N[C@H]2C[C@H]3CN(c4ncc5cc[nH]c5n4)C[C@H]3C[C@@H]2O)c1. The van der Waals surface area contributed by atoms with Gasteiger partial charge in [0.15, 0.2) is 0 Å². The summed E-state index contributed by atoms with van der Waals surface area (Å²) < 4.78 is 0. The first-order valence-electron chi connectivity index (χ1n) is 11.0. The number of aliphatic hydroxyl groups excluding tert-OH is 1. The second kappa shape index (κ2) is 7.96. The average Bonchev–Trinajstić information content (AvgIpc) is 3.37. The lowest BCUT2D eigenvalue weighted by atomic mass is 9.77. The highest BCUT2D eigenvalue weighted by Gasteiger charge is 2.42. The first kappa shape index (κ1) is 20.0. The summed E-state index contributed by atoms with van der Waals surface area (Å²) in [6, 6.07) is 7.94. The Morgan fingerprint density at radius 2 is 2.03 bits per heavy atom. The molecule has 1 saturated heterocycles. The normalized spacial score (nSPS) is 25.6. The minimum absolute atomic E-state index is 0.0217. The van der Waals surface area contributed by atoms with E-state index in [-0.39, 0.29) is 11.9 Å². The summed E-state index contributed by atoms with van der Waals surface area (Å²) >= 11 is 0. The van der Waals surface area contributed by atoms with Crippen molar-refractivity contribution in [2.24, 2.45) is 11.8 Å². The zero-order valence-corrected chi connectivity index (χ0v) is 18.0. The van der Waals surface area contributed by atoms with Crippen LogP contribution in [0, 0.1) is 25.7 Å². The van der Waals surface area contributed by atoms with Gasteiger partial charge >= 0.3 is 0 Å². The first-order valence-corrected chi connectivity index (χ1v) is 11.0. The van der Waals surface area contributed by atoms with Crippen LogP contribution in [-0.4, -0.2) is 51.2 Å². The van der Waals surface area contributed by atoms with Gasteiger partial charge in [-0.3, -0.25) is 4.79 Å². The smallest absolute Gasteiger partial charge is 0.227 e. The summed E-state index contributed by atoms with van der Waals surface area (Å²) in [6.07, 6.45) is 5.03. The number of aryl methyl sites for hydroxylation is 2. The summed E-state index contributed by atoms with van der Waals surface area (Å²) in [7, 11) is 0. The van der Waals surface area contributed by atoms with Crippen molar-refractivity contribution in [1.82, 2.24) is 20.3 Å². The summed E-state index contributed by atoms with van der Waals surface area (Å²) in [5, 5.41) is 14.8. The van der Waals surface area contributed by atoms with Gasteiger partial charge in [0.1, 0.15) is 5.65 Å². The van der Waals surface area contributed by atoms with E-state index in [1.807, 2.05) is 32.3 Å². The second-order valence-corrected chi connectivity index (χ2v) is 9.20. The molecule has 0 unspecified atom stereocenters. The number of anilines is 1. The molecule has 31 heavy (non-hydrogen) atoms. The number of H-pyrrole nitrogens is 1. The van der Waals surface area contributed by atoms with Gasteiger partial charge in [0, 0.05) is 30.9 Å². The molecule has 1 amide bonds. The largest absolute Gasteiger partial charge is 0.391 e. The lowest BCUT2D eigenvalue weighted by Gasteiger charge is -2.35. The fourth-order valence-electron chi connectivity index (χ4n) is 5.15. The number of hydrogen-bond acceptors (Lipinski definition) is 5. The molecule has 1 aromatic carbocycles.